The minimum Gasteiger partial charge on any atom is -0.491 e. The second-order valence-electron chi connectivity index (χ2n) is 5.40. The fraction of sp³-hybridized carbons (Fsp3) is 0.389. The Balaban J connectivity index is 1.48. The first-order valence-electron chi connectivity index (χ1n) is 7.92. The summed E-state index contributed by atoms with van der Waals surface area (Å²) in [7, 11) is 1.65. The van der Waals surface area contributed by atoms with Crippen LogP contribution >= 0.6 is 0 Å². The number of rotatable bonds is 7. The van der Waals surface area contributed by atoms with Gasteiger partial charge in [-0.15, -0.1) is 0 Å². The summed E-state index contributed by atoms with van der Waals surface area (Å²) in [6, 6.07) is 10.0. The van der Waals surface area contributed by atoms with Gasteiger partial charge in [0, 0.05) is 24.9 Å². The van der Waals surface area contributed by atoms with Crippen molar-refractivity contribution < 1.29 is 14.2 Å². The molecule has 1 aliphatic heterocycles. The number of ether oxygens (including phenoxy) is 3. The minimum atomic E-state index is 0.368. The highest BCUT2D eigenvalue weighted by Crippen LogP contribution is 2.17. The summed E-state index contributed by atoms with van der Waals surface area (Å²) in [4.78, 5) is 0. The smallest absolute Gasteiger partial charge is 0.148 e. The molecule has 1 N–H and O–H groups in total. The van der Waals surface area contributed by atoms with Crippen LogP contribution in [0.2, 0.25) is 0 Å². The number of nitrogens with zero attached hydrogens (tertiary/aromatic N) is 2. The van der Waals surface area contributed by atoms with Gasteiger partial charge in [-0.25, -0.2) is 0 Å². The summed E-state index contributed by atoms with van der Waals surface area (Å²) < 4.78 is 17.6. The molecule has 0 atom stereocenters. The van der Waals surface area contributed by atoms with Crippen molar-refractivity contribution >= 4 is 5.82 Å². The average Bonchev–Trinajstić information content (AvgIpc) is 2.99. The molecule has 0 spiro atoms. The van der Waals surface area contributed by atoms with Crippen LogP contribution in [0, 0.1) is 11.8 Å². The lowest BCUT2D eigenvalue weighted by Crippen LogP contribution is -2.30. The number of nitrogens with one attached hydrogen (secondary N) is 1. The number of aromatic nitrogens is 2. The van der Waals surface area contributed by atoms with E-state index < -0.39 is 0 Å². The van der Waals surface area contributed by atoms with E-state index in [1.165, 1.54) is 0 Å². The van der Waals surface area contributed by atoms with Crippen molar-refractivity contribution in [2.24, 2.45) is 0 Å². The van der Waals surface area contributed by atoms with Gasteiger partial charge in [0.25, 0.3) is 0 Å². The fourth-order valence-corrected chi connectivity index (χ4v) is 2.20. The fourth-order valence-electron chi connectivity index (χ4n) is 2.20. The number of methoxy groups -OCH3 is 1. The third kappa shape index (κ3) is 4.51. The van der Waals surface area contributed by atoms with Gasteiger partial charge in [-0.2, -0.15) is 5.10 Å². The zero-order valence-electron chi connectivity index (χ0n) is 13.7. The van der Waals surface area contributed by atoms with Crippen LogP contribution in [0.3, 0.4) is 0 Å². The lowest BCUT2D eigenvalue weighted by atomic mass is 10.2. The molecular formula is C18H21N3O3. The summed E-state index contributed by atoms with van der Waals surface area (Å²) in [5.74, 6) is 7.84. The predicted octanol–water partition coefficient (Wildman–Crippen LogP) is 1.94. The molecule has 2 heterocycles. The number of hydrogen-bond acceptors (Lipinski definition) is 5. The monoisotopic (exact) mass is 327 g/mol. The van der Waals surface area contributed by atoms with Crippen molar-refractivity contribution in [3.05, 3.63) is 42.1 Å². The maximum absolute atomic E-state index is 5.57. The van der Waals surface area contributed by atoms with E-state index in [4.69, 9.17) is 14.2 Å². The molecule has 0 aliphatic carbocycles. The van der Waals surface area contributed by atoms with Crippen LogP contribution in [-0.2, 0) is 9.47 Å². The highest BCUT2D eigenvalue weighted by Gasteiger charge is 2.20. The topological polar surface area (TPSA) is 57.5 Å². The van der Waals surface area contributed by atoms with Crippen molar-refractivity contribution in [1.82, 2.24) is 9.78 Å². The standard InChI is InChI=1S/C18H21N3O3/c1-22-10-11-24-17-6-2-4-15(12-17)5-3-8-19-18-7-9-21(20-18)16-13-23-14-16/h2,4,6-7,9,12,16H,8,10-11,13-14H2,1H3,(H,19,20). The van der Waals surface area contributed by atoms with Crippen LogP contribution in [-0.4, -0.2) is 49.9 Å². The molecule has 6 nitrogen and oxygen atoms in total. The molecular weight excluding hydrogens is 306 g/mol. The zero-order valence-corrected chi connectivity index (χ0v) is 13.7. The maximum Gasteiger partial charge on any atom is 0.148 e. The summed E-state index contributed by atoms with van der Waals surface area (Å²) in [6.45, 7) is 3.11. The first-order chi connectivity index (χ1) is 11.8. The molecule has 24 heavy (non-hydrogen) atoms. The highest BCUT2D eigenvalue weighted by molar-refractivity contribution is 5.41. The number of hydrogen-bond donors (Lipinski definition) is 1. The van der Waals surface area contributed by atoms with Crippen molar-refractivity contribution in [2.45, 2.75) is 6.04 Å². The lowest BCUT2D eigenvalue weighted by Gasteiger charge is -2.25. The Morgan fingerprint density at radius 2 is 2.25 bits per heavy atom. The van der Waals surface area contributed by atoms with E-state index >= 15 is 0 Å². The van der Waals surface area contributed by atoms with Gasteiger partial charge in [-0.1, -0.05) is 17.9 Å². The molecule has 0 amide bonds. The molecule has 3 rings (SSSR count). The van der Waals surface area contributed by atoms with Gasteiger partial charge in [0.1, 0.15) is 18.2 Å². The van der Waals surface area contributed by atoms with Crippen molar-refractivity contribution in [3.63, 3.8) is 0 Å². The molecule has 0 bridgehead atoms. The predicted molar refractivity (Wildman–Crippen MR) is 91.3 cm³/mol. The van der Waals surface area contributed by atoms with E-state index in [-0.39, 0.29) is 0 Å². The molecule has 126 valence electrons. The second-order valence-corrected chi connectivity index (χ2v) is 5.40. The van der Waals surface area contributed by atoms with Gasteiger partial charge in [0.05, 0.1) is 32.4 Å². The number of anilines is 1. The van der Waals surface area contributed by atoms with E-state index in [0.717, 1.165) is 30.3 Å². The normalized spacial score (nSPS) is 13.7. The van der Waals surface area contributed by atoms with Crippen LogP contribution in [0.1, 0.15) is 11.6 Å². The van der Waals surface area contributed by atoms with Gasteiger partial charge in [0.2, 0.25) is 0 Å². The minimum absolute atomic E-state index is 0.368. The summed E-state index contributed by atoms with van der Waals surface area (Å²) >= 11 is 0. The first kappa shape index (κ1) is 16.4. The molecule has 6 heteroatoms. The quantitative estimate of drug-likeness (QED) is 0.622. The molecule has 0 unspecified atom stereocenters. The first-order valence-corrected chi connectivity index (χ1v) is 7.92. The Kier molecular flexibility index (Phi) is 5.72. The van der Waals surface area contributed by atoms with E-state index in [1.807, 2.05) is 41.2 Å². The zero-order chi connectivity index (χ0) is 16.6. The van der Waals surface area contributed by atoms with E-state index in [2.05, 4.69) is 22.3 Å². The molecule has 1 aromatic carbocycles. The Hall–Kier alpha value is -2.49. The van der Waals surface area contributed by atoms with E-state index in [1.54, 1.807) is 7.11 Å². The second kappa shape index (κ2) is 8.39. The lowest BCUT2D eigenvalue weighted by molar-refractivity contribution is -0.0285. The molecule has 1 aliphatic rings. The van der Waals surface area contributed by atoms with Crippen molar-refractivity contribution in [3.8, 4) is 17.6 Å². The Morgan fingerprint density at radius 3 is 3.04 bits per heavy atom. The van der Waals surface area contributed by atoms with E-state index in [0.29, 0.717) is 25.8 Å². The largest absolute Gasteiger partial charge is 0.491 e. The van der Waals surface area contributed by atoms with Gasteiger partial charge in [-0.05, 0) is 18.2 Å². The Bertz CT molecular complexity index is 714. The summed E-state index contributed by atoms with van der Waals surface area (Å²) in [5.41, 5.74) is 0.920. The molecule has 0 saturated carbocycles. The van der Waals surface area contributed by atoms with Gasteiger partial charge in [-0.3, -0.25) is 4.68 Å². The summed E-state index contributed by atoms with van der Waals surface area (Å²) in [5, 5.41) is 7.66. The third-order valence-electron chi connectivity index (χ3n) is 3.58. The summed E-state index contributed by atoms with van der Waals surface area (Å²) in [6.07, 6.45) is 1.96. The Morgan fingerprint density at radius 1 is 1.33 bits per heavy atom. The van der Waals surface area contributed by atoms with Gasteiger partial charge in [0.15, 0.2) is 0 Å². The third-order valence-corrected chi connectivity index (χ3v) is 3.58. The van der Waals surface area contributed by atoms with Crippen LogP contribution in [0.4, 0.5) is 5.82 Å². The Labute approximate surface area is 141 Å². The van der Waals surface area contributed by atoms with Gasteiger partial charge >= 0.3 is 0 Å². The number of benzene rings is 1. The van der Waals surface area contributed by atoms with Crippen molar-refractivity contribution in [1.29, 1.82) is 0 Å². The van der Waals surface area contributed by atoms with Crippen molar-refractivity contribution in [2.75, 3.05) is 45.4 Å². The van der Waals surface area contributed by atoms with E-state index in [9.17, 15) is 0 Å². The molecule has 1 aromatic heterocycles. The molecule has 1 fully saturated rings. The average molecular weight is 327 g/mol. The molecule has 2 aromatic rings. The maximum atomic E-state index is 5.57. The molecule has 0 radical (unpaired) electrons. The van der Waals surface area contributed by atoms with Crippen LogP contribution < -0.4 is 10.1 Å². The van der Waals surface area contributed by atoms with Gasteiger partial charge < -0.3 is 19.5 Å². The van der Waals surface area contributed by atoms with Crippen LogP contribution in [0.5, 0.6) is 5.75 Å². The highest BCUT2D eigenvalue weighted by atomic mass is 16.5. The van der Waals surface area contributed by atoms with Crippen LogP contribution in [0.15, 0.2) is 36.5 Å². The SMILES string of the molecule is COCCOc1cccc(C#CCNc2ccn(C3COC3)n2)c1. The molecule has 1 saturated heterocycles. The van der Waals surface area contributed by atoms with Crippen LogP contribution in [0.25, 0.3) is 0 Å².